The smallest absolute Gasteiger partial charge is 0.223 e. The Morgan fingerprint density at radius 2 is 2.12 bits per heavy atom. The highest BCUT2D eigenvalue weighted by molar-refractivity contribution is 6.44. The lowest BCUT2D eigenvalue weighted by Crippen LogP contribution is -2.16. The molecule has 2 heterocycles. The maximum atomic E-state index is 11.6. The van der Waals surface area contributed by atoms with Gasteiger partial charge in [-0.25, -0.2) is 4.98 Å². The Kier molecular flexibility index (Phi) is 5.96. The number of nitrogens with two attached hydrogens (primary N) is 1. The third kappa shape index (κ3) is 4.48. The number of amides is 1. The number of carbonyl (C=O) groups is 2. The van der Waals surface area contributed by atoms with E-state index in [1.165, 1.54) is 0 Å². The SMILES string of the molecule is CCC(=O)C(=N)c1cccc(CNc2nc(N)nc(Cl)c2NC=O)n1. The van der Waals surface area contributed by atoms with E-state index in [2.05, 4.69) is 25.6 Å². The second-order valence-corrected chi connectivity index (χ2v) is 5.24. The van der Waals surface area contributed by atoms with Gasteiger partial charge in [-0.1, -0.05) is 24.6 Å². The van der Waals surface area contributed by atoms with Gasteiger partial charge >= 0.3 is 0 Å². The van der Waals surface area contributed by atoms with E-state index in [0.717, 1.165) is 0 Å². The molecule has 9 nitrogen and oxygen atoms in total. The first-order valence-electron chi connectivity index (χ1n) is 7.31. The maximum absolute atomic E-state index is 11.6. The Bertz CT molecular complexity index is 826. The molecule has 10 heteroatoms. The molecule has 0 aliphatic heterocycles. The summed E-state index contributed by atoms with van der Waals surface area (Å²) in [4.78, 5) is 34.4. The predicted octanol–water partition coefficient (Wildman–Crippen LogP) is 1.63. The van der Waals surface area contributed by atoms with Crippen LogP contribution < -0.4 is 16.4 Å². The van der Waals surface area contributed by atoms with Crippen molar-refractivity contribution in [1.29, 1.82) is 5.41 Å². The molecular formula is C15H16ClN7O2. The van der Waals surface area contributed by atoms with E-state index in [1.807, 2.05) is 0 Å². The summed E-state index contributed by atoms with van der Waals surface area (Å²) in [6, 6.07) is 5.01. The van der Waals surface area contributed by atoms with Crippen molar-refractivity contribution < 1.29 is 9.59 Å². The lowest BCUT2D eigenvalue weighted by atomic mass is 10.1. The van der Waals surface area contributed by atoms with Crippen molar-refractivity contribution in [2.24, 2.45) is 0 Å². The van der Waals surface area contributed by atoms with Gasteiger partial charge in [0.2, 0.25) is 12.4 Å². The molecule has 0 saturated carbocycles. The second kappa shape index (κ2) is 8.15. The first kappa shape index (κ1) is 18.3. The minimum Gasteiger partial charge on any atom is -0.368 e. The number of nitrogen functional groups attached to an aromatic ring is 1. The highest BCUT2D eigenvalue weighted by atomic mass is 35.5. The summed E-state index contributed by atoms with van der Waals surface area (Å²) in [5.74, 6) is -0.108. The summed E-state index contributed by atoms with van der Waals surface area (Å²) in [7, 11) is 0. The van der Waals surface area contributed by atoms with Crippen molar-refractivity contribution >= 4 is 47.0 Å². The topological polar surface area (TPSA) is 147 Å². The number of rotatable bonds is 8. The van der Waals surface area contributed by atoms with Gasteiger partial charge < -0.3 is 16.4 Å². The summed E-state index contributed by atoms with van der Waals surface area (Å²) in [5, 5.41) is 13.2. The maximum Gasteiger partial charge on any atom is 0.223 e. The number of carbonyl (C=O) groups excluding carboxylic acids is 2. The lowest BCUT2D eigenvalue weighted by Gasteiger charge is -2.12. The van der Waals surface area contributed by atoms with E-state index in [1.54, 1.807) is 25.1 Å². The highest BCUT2D eigenvalue weighted by Crippen LogP contribution is 2.27. The van der Waals surface area contributed by atoms with Crippen molar-refractivity contribution in [2.45, 2.75) is 19.9 Å². The van der Waals surface area contributed by atoms with E-state index < -0.39 is 0 Å². The summed E-state index contributed by atoms with van der Waals surface area (Å²) >= 11 is 5.94. The Morgan fingerprint density at radius 1 is 1.36 bits per heavy atom. The Labute approximate surface area is 148 Å². The number of ketones is 1. The fourth-order valence-corrected chi connectivity index (χ4v) is 2.21. The highest BCUT2D eigenvalue weighted by Gasteiger charge is 2.14. The largest absolute Gasteiger partial charge is 0.368 e. The monoisotopic (exact) mass is 361 g/mol. The van der Waals surface area contributed by atoms with Crippen LogP contribution in [0.1, 0.15) is 24.7 Å². The standard InChI is InChI=1S/C15H16ClN7O2/c1-2-10(25)11(17)9-5-3-4-8(21-9)6-19-14-12(20-7-24)13(16)22-15(18)23-14/h3-5,7,17H,2,6H2,1H3,(H,20,24)(H3,18,19,22,23). The van der Waals surface area contributed by atoms with Crippen LogP contribution in [0.5, 0.6) is 0 Å². The van der Waals surface area contributed by atoms with Gasteiger partial charge in [-0.05, 0) is 12.1 Å². The number of halogens is 1. The molecule has 25 heavy (non-hydrogen) atoms. The van der Waals surface area contributed by atoms with Crippen molar-refractivity contribution in [3.8, 4) is 0 Å². The molecule has 130 valence electrons. The lowest BCUT2D eigenvalue weighted by molar-refractivity contribution is -0.112. The van der Waals surface area contributed by atoms with Crippen LogP contribution in [0, 0.1) is 5.41 Å². The van der Waals surface area contributed by atoms with E-state index in [-0.39, 0.29) is 52.8 Å². The Hall–Kier alpha value is -3.07. The predicted molar refractivity (Wildman–Crippen MR) is 94.8 cm³/mol. The molecule has 0 aliphatic carbocycles. The molecule has 1 amide bonds. The molecule has 0 saturated heterocycles. The van der Waals surface area contributed by atoms with E-state index >= 15 is 0 Å². The molecule has 0 fully saturated rings. The third-order valence-corrected chi connectivity index (χ3v) is 3.46. The summed E-state index contributed by atoms with van der Waals surface area (Å²) < 4.78 is 0. The van der Waals surface area contributed by atoms with E-state index in [4.69, 9.17) is 22.7 Å². The molecular weight excluding hydrogens is 346 g/mol. The van der Waals surface area contributed by atoms with Crippen molar-refractivity contribution in [3.05, 3.63) is 34.7 Å². The molecule has 0 radical (unpaired) electrons. The Balaban J connectivity index is 2.21. The van der Waals surface area contributed by atoms with Crippen molar-refractivity contribution in [2.75, 3.05) is 16.4 Å². The fourth-order valence-electron chi connectivity index (χ4n) is 1.98. The number of aromatic nitrogens is 3. The molecule has 0 unspecified atom stereocenters. The van der Waals surface area contributed by atoms with Crippen LogP contribution in [0.25, 0.3) is 0 Å². The van der Waals surface area contributed by atoms with Crippen LogP contribution in [0.4, 0.5) is 17.5 Å². The number of hydrogen-bond donors (Lipinski definition) is 4. The molecule has 0 bridgehead atoms. The van der Waals surface area contributed by atoms with Crippen molar-refractivity contribution in [1.82, 2.24) is 15.0 Å². The first-order chi connectivity index (χ1) is 12.0. The van der Waals surface area contributed by atoms with Gasteiger partial charge in [0.15, 0.2) is 16.8 Å². The molecule has 5 N–H and O–H groups in total. The van der Waals surface area contributed by atoms with Crippen LogP contribution in [0.2, 0.25) is 5.15 Å². The molecule has 0 spiro atoms. The van der Waals surface area contributed by atoms with Gasteiger partial charge in [-0.3, -0.25) is 15.0 Å². The van der Waals surface area contributed by atoms with Gasteiger partial charge in [0, 0.05) is 6.42 Å². The van der Waals surface area contributed by atoms with Crippen LogP contribution in [0.15, 0.2) is 18.2 Å². The number of pyridine rings is 1. The fraction of sp³-hybridized carbons (Fsp3) is 0.200. The molecule has 0 atom stereocenters. The van der Waals surface area contributed by atoms with Gasteiger partial charge in [-0.15, -0.1) is 0 Å². The zero-order chi connectivity index (χ0) is 18.4. The van der Waals surface area contributed by atoms with Crippen molar-refractivity contribution in [3.63, 3.8) is 0 Å². The van der Waals surface area contributed by atoms with Crippen LogP contribution >= 0.6 is 11.6 Å². The molecule has 2 rings (SSSR count). The average Bonchev–Trinajstić information content (AvgIpc) is 2.61. The summed E-state index contributed by atoms with van der Waals surface area (Å²) in [6.07, 6.45) is 0.685. The first-order valence-corrected chi connectivity index (χ1v) is 7.69. The van der Waals surface area contributed by atoms with Gasteiger partial charge in [-0.2, -0.15) is 9.97 Å². The Morgan fingerprint density at radius 3 is 2.80 bits per heavy atom. The molecule has 0 aromatic carbocycles. The van der Waals surface area contributed by atoms with Gasteiger partial charge in [0.25, 0.3) is 0 Å². The van der Waals surface area contributed by atoms with Crippen LogP contribution in [0.3, 0.4) is 0 Å². The second-order valence-electron chi connectivity index (χ2n) is 4.88. The number of Topliss-reactive ketones (excluding diaryl/α,β-unsaturated/α-hetero) is 1. The summed E-state index contributed by atoms with van der Waals surface area (Å²) in [6.45, 7) is 1.90. The number of anilines is 3. The molecule has 0 aliphatic rings. The van der Waals surface area contributed by atoms with Crippen LogP contribution in [-0.4, -0.2) is 32.9 Å². The molecule has 2 aromatic heterocycles. The third-order valence-electron chi connectivity index (χ3n) is 3.19. The normalized spacial score (nSPS) is 10.2. The zero-order valence-corrected chi connectivity index (χ0v) is 14.1. The average molecular weight is 362 g/mol. The minimum absolute atomic E-state index is 0.000805. The minimum atomic E-state index is -0.287. The van der Waals surface area contributed by atoms with Gasteiger partial charge in [0.1, 0.15) is 11.4 Å². The number of nitrogens with one attached hydrogen (secondary N) is 3. The number of nitrogens with zero attached hydrogens (tertiary/aromatic N) is 3. The quantitative estimate of drug-likeness (QED) is 0.317. The van der Waals surface area contributed by atoms with E-state index in [9.17, 15) is 9.59 Å². The van der Waals surface area contributed by atoms with E-state index in [0.29, 0.717) is 12.1 Å². The van der Waals surface area contributed by atoms with Gasteiger partial charge in [0.05, 0.1) is 17.9 Å². The zero-order valence-electron chi connectivity index (χ0n) is 13.3. The summed E-state index contributed by atoms with van der Waals surface area (Å²) in [5.41, 5.74) is 6.47. The number of hydrogen-bond acceptors (Lipinski definition) is 8. The van der Waals surface area contributed by atoms with Crippen LogP contribution in [-0.2, 0) is 16.1 Å². The molecule has 2 aromatic rings.